The predicted octanol–water partition coefficient (Wildman–Crippen LogP) is 3.05. The highest BCUT2D eigenvalue weighted by Crippen LogP contribution is 2.19. The Morgan fingerprint density at radius 1 is 1.30 bits per heavy atom. The Balaban J connectivity index is 1.84. The molecule has 1 aromatic rings. The molecule has 0 aliphatic carbocycles. The van der Waals surface area contributed by atoms with E-state index in [-0.39, 0.29) is 6.10 Å². The number of para-hydroxylation sites is 1. The minimum Gasteiger partial charge on any atom is -0.491 e. The van der Waals surface area contributed by atoms with Crippen LogP contribution in [0.1, 0.15) is 38.7 Å². The lowest BCUT2D eigenvalue weighted by Gasteiger charge is -2.32. The molecule has 0 saturated carbocycles. The summed E-state index contributed by atoms with van der Waals surface area (Å²) in [5.41, 5.74) is 1.25. The van der Waals surface area contributed by atoms with Gasteiger partial charge in [-0.25, -0.2) is 0 Å². The summed E-state index contributed by atoms with van der Waals surface area (Å²) in [6, 6.07) is 9.01. The SMILES string of the molecule is CC(C)Oc1ccccc1CNCC1CCCCN1C. The fourth-order valence-corrected chi connectivity index (χ4v) is 2.79. The van der Waals surface area contributed by atoms with Crippen LogP contribution in [0, 0.1) is 0 Å². The van der Waals surface area contributed by atoms with E-state index in [1.165, 1.54) is 31.4 Å². The van der Waals surface area contributed by atoms with Crippen molar-refractivity contribution in [2.24, 2.45) is 0 Å². The molecule has 20 heavy (non-hydrogen) atoms. The molecule has 1 saturated heterocycles. The topological polar surface area (TPSA) is 24.5 Å². The Hall–Kier alpha value is -1.06. The zero-order valence-electron chi connectivity index (χ0n) is 13.1. The van der Waals surface area contributed by atoms with Gasteiger partial charge in [0.2, 0.25) is 0 Å². The molecule has 0 aromatic heterocycles. The summed E-state index contributed by atoms with van der Waals surface area (Å²) < 4.78 is 5.86. The first-order valence-electron chi connectivity index (χ1n) is 7.82. The van der Waals surface area contributed by atoms with Gasteiger partial charge in [0, 0.05) is 24.7 Å². The number of hydrogen-bond donors (Lipinski definition) is 1. The van der Waals surface area contributed by atoms with Crippen molar-refractivity contribution in [3.8, 4) is 5.75 Å². The van der Waals surface area contributed by atoms with Gasteiger partial charge in [-0.2, -0.15) is 0 Å². The molecule has 0 bridgehead atoms. The third-order valence-electron chi connectivity index (χ3n) is 3.95. The molecule has 0 spiro atoms. The molecule has 112 valence electrons. The maximum atomic E-state index is 5.86. The Morgan fingerprint density at radius 2 is 2.10 bits per heavy atom. The number of nitrogens with zero attached hydrogens (tertiary/aromatic N) is 1. The minimum absolute atomic E-state index is 0.223. The van der Waals surface area contributed by atoms with Gasteiger partial charge < -0.3 is 15.0 Å². The van der Waals surface area contributed by atoms with E-state index in [9.17, 15) is 0 Å². The summed E-state index contributed by atoms with van der Waals surface area (Å²) in [5, 5.41) is 3.59. The molecule has 0 radical (unpaired) electrons. The van der Waals surface area contributed by atoms with E-state index >= 15 is 0 Å². The Labute approximate surface area is 123 Å². The summed E-state index contributed by atoms with van der Waals surface area (Å²) in [7, 11) is 2.24. The molecule has 3 nitrogen and oxygen atoms in total. The van der Waals surface area contributed by atoms with Crippen molar-refractivity contribution in [1.29, 1.82) is 0 Å². The molecular formula is C17H28N2O. The van der Waals surface area contributed by atoms with E-state index in [4.69, 9.17) is 4.74 Å². The number of rotatable bonds is 6. The van der Waals surface area contributed by atoms with Crippen LogP contribution in [0.15, 0.2) is 24.3 Å². The zero-order chi connectivity index (χ0) is 14.4. The van der Waals surface area contributed by atoms with Crippen LogP contribution in [0.25, 0.3) is 0 Å². The van der Waals surface area contributed by atoms with Crippen molar-refractivity contribution in [1.82, 2.24) is 10.2 Å². The molecule has 1 aromatic carbocycles. The summed E-state index contributed by atoms with van der Waals surface area (Å²) in [6.07, 6.45) is 4.25. The van der Waals surface area contributed by atoms with Crippen LogP contribution in [-0.4, -0.2) is 37.2 Å². The van der Waals surface area contributed by atoms with Gasteiger partial charge in [-0.05, 0) is 46.3 Å². The standard InChI is InChI=1S/C17H28N2O/c1-14(2)20-17-10-5-4-8-15(17)12-18-13-16-9-6-7-11-19(16)3/h4-5,8,10,14,16,18H,6-7,9,11-13H2,1-3H3. The van der Waals surface area contributed by atoms with Crippen LogP contribution in [0.3, 0.4) is 0 Å². The van der Waals surface area contributed by atoms with E-state index in [0.717, 1.165) is 18.8 Å². The molecular weight excluding hydrogens is 248 g/mol. The third kappa shape index (κ3) is 4.50. The van der Waals surface area contributed by atoms with Gasteiger partial charge in [-0.15, -0.1) is 0 Å². The first-order chi connectivity index (χ1) is 9.66. The normalized spacial score (nSPS) is 20.3. The molecule has 3 heteroatoms. The van der Waals surface area contributed by atoms with Crippen LogP contribution in [0.5, 0.6) is 5.75 Å². The number of ether oxygens (including phenoxy) is 1. The van der Waals surface area contributed by atoms with Crippen LogP contribution in [0.2, 0.25) is 0 Å². The van der Waals surface area contributed by atoms with E-state index in [0.29, 0.717) is 6.04 Å². The highest BCUT2D eigenvalue weighted by molar-refractivity contribution is 5.33. The number of likely N-dealkylation sites (N-methyl/N-ethyl adjacent to an activating group) is 1. The maximum absolute atomic E-state index is 5.86. The van der Waals surface area contributed by atoms with E-state index < -0.39 is 0 Å². The number of nitrogens with one attached hydrogen (secondary N) is 1. The zero-order valence-corrected chi connectivity index (χ0v) is 13.1. The lowest BCUT2D eigenvalue weighted by Crippen LogP contribution is -2.42. The second kappa shape index (κ2) is 7.65. The van der Waals surface area contributed by atoms with Crippen molar-refractivity contribution in [3.63, 3.8) is 0 Å². The predicted molar refractivity (Wildman–Crippen MR) is 84.2 cm³/mol. The Bertz CT molecular complexity index is 406. The Morgan fingerprint density at radius 3 is 2.85 bits per heavy atom. The smallest absolute Gasteiger partial charge is 0.124 e. The van der Waals surface area contributed by atoms with Gasteiger partial charge in [0.05, 0.1) is 6.10 Å². The minimum atomic E-state index is 0.223. The van der Waals surface area contributed by atoms with E-state index in [1.807, 2.05) is 6.07 Å². The number of hydrogen-bond acceptors (Lipinski definition) is 3. The van der Waals surface area contributed by atoms with Crippen molar-refractivity contribution in [2.45, 2.75) is 51.8 Å². The highest BCUT2D eigenvalue weighted by Gasteiger charge is 2.18. The van der Waals surface area contributed by atoms with Crippen LogP contribution in [-0.2, 0) is 6.54 Å². The molecule has 1 heterocycles. The molecule has 1 unspecified atom stereocenters. The molecule has 1 aliphatic rings. The summed E-state index contributed by atoms with van der Waals surface area (Å²) >= 11 is 0. The van der Waals surface area contributed by atoms with E-state index in [1.54, 1.807) is 0 Å². The maximum Gasteiger partial charge on any atom is 0.124 e. The second-order valence-corrected chi connectivity index (χ2v) is 6.04. The lowest BCUT2D eigenvalue weighted by molar-refractivity contribution is 0.181. The molecule has 1 fully saturated rings. The van der Waals surface area contributed by atoms with Crippen molar-refractivity contribution >= 4 is 0 Å². The van der Waals surface area contributed by atoms with Gasteiger partial charge in [-0.1, -0.05) is 24.6 Å². The van der Waals surface area contributed by atoms with Gasteiger partial charge in [0.15, 0.2) is 0 Å². The molecule has 1 atom stereocenters. The fourth-order valence-electron chi connectivity index (χ4n) is 2.79. The van der Waals surface area contributed by atoms with Gasteiger partial charge in [-0.3, -0.25) is 0 Å². The third-order valence-corrected chi connectivity index (χ3v) is 3.95. The van der Waals surface area contributed by atoms with Crippen LogP contribution < -0.4 is 10.1 Å². The van der Waals surface area contributed by atoms with Gasteiger partial charge in [0.1, 0.15) is 5.75 Å². The van der Waals surface area contributed by atoms with Crippen molar-refractivity contribution in [2.75, 3.05) is 20.1 Å². The Kier molecular flexibility index (Phi) is 5.86. The number of benzene rings is 1. The summed E-state index contributed by atoms with van der Waals surface area (Å²) in [5.74, 6) is 1.01. The number of likely N-dealkylation sites (tertiary alicyclic amines) is 1. The molecule has 1 N–H and O–H groups in total. The second-order valence-electron chi connectivity index (χ2n) is 6.04. The highest BCUT2D eigenvalue weighted by atomic mass is 16.5. The van der Waals surface area contributed by atoms with Crippen molar-refractivity contribution < 1.29 is 4.74 Å². The van der Waals surface area contributed by atoms with Crippen LogP contribution >= 0.6 is 0 Å². The molecule has 2 rings (SSSR count). The average molecular weight is 276 g/mol. The van der Waals surface area contributed by atoms with Crippen molar-refractivity contribution in [3.05, 3.63) is 29.8 Å². The fraction of sp³-hybridized carbons (Fsp3) is 0.647. The largest absolute Gasteiger partial charge is 0.491 e. The lowest BCUT2D eigenvalue weighted by atomic mass is 10.0. The van der Waals surface area contributed by atoms with Gasteiger partial charge >= 0.3 is 0 Å². The first kappa shape index (κ1) is 15.3. The quantitative estimate of drug-likeness (QED) is 0.864. The van der Waals surface area contributed by atoms with Crippen LogP contribution in [0.4, 0.5) is 0 Å². The van der Waals surface area contributed by atoms with Gasteiger partial charge in [0.25, 0.3) is 0 Å². The monoisotopic (exact) mass is 276 g/mol. The average Bonchev–Trinajstić information content (AvgIpc) is 2.42. The molecule has 0 amide bonds. The van der Waals surface area contributed by atoms with E-state index in [2.05, 4.69) is 49.3 Å². The number of piperidine rings is 1. The first-order valence-corrected chi connectivity index (χ1v) is 7.82. The summed E-state index contributed by atoms with van der Waals surface area (Å²) in [4.78, 5) is 2.48. The molecule has 1 aliphatic heterocycles. The summed E-state index contributed by atoms with van der Waals surface area (Å²) in [6.45, 7) is 7.32.